The van der Waals surface area contributed by atoms with Gasteiger partial charge in [-0.25, -0.2) is 0 Å². The molecular weight excluding hydrogens is 404 g/mol. The summed E-state index contributed by atoms with van der Waals surface area (Å²) in [5, 5.41) is 4.63. The molecule has 0 fully saturated rings. The minimum Gasteiger partial charge on any atom is -0.492 e. The van der Waals surface area contributed by atoms with Crippen LogP contribution in [0.5, 0.6) is 11.5 Å². The largest absolute Gasteiger partial charge is 0.492 e. The van der Waals surface area contributed by atoms with Crippen LogP contribution in [0.15, 0.2) is 42.5 Å². The molecule has 0 bridgehead atoms. The highest BCUT2D eigenvalue weighted by Gasteiger charge is 2.22. The molecule has 2 atom stereocenters. The van der Waals surface area contributed by atoms with Gasteiger partial charge in [0.15, 0.2) is 0 Å². The predicted octanol–water partition coefficient (Wildman–Crippen LogP) is 9.31. The Hall–Kier alpha value is -2.22. The van der Waals surface area contributed by atoms with Crippen LogP contribution in [-0.2, 0) is 5.41 Å². The highest BCUT2D eigenvalue weighted by molar-refractivity contribution is 6.11. The summed E-state index contributed by atoms with van der Waals surface area (Å²) in [7, 11) is 0. The van der Waals surface area contributed by atoms with Crippen molar-refractivity contribution >= 4 is 21.5 Å². The van der Waals surface area contributed by atoms with Crippen LogP contribution >= 0.6 is 0 Å². The molecule has 2 nitrogen and oxygen atoms in total. The zero-order valence-electron chi connectivity index (χ0n) is 22.0. The van der Waals surface area contributed by atoms with Crippen molar-refractivity contribution in [1.29, 1.82) is 0 Å². The van der Waals surface area contributed by atoms with E-state index < -0.39 is 0 Å². The first-order valence-corrected chi connectivity index (χ1v) is 13.1. The molecule has 3 aromatic rings. The third-order valence-corrected chi connectivity index (χ3v) is 7.18. The lowest BCUT2D eigenvalue weighted by Gasteiger charge is -2.25. The van der Waals surface area contributed by atoms with Gasteiger partial charge in [0.2, 0.25) is 0 Å². The van der Waals surface area contributed by atoms with E-state index in [-0.39, 0.29) is 5.41 Å². The average Bonchev–Trinajstić information content (AvgIpc) is 2.81. The molecule has 0 aliphatic rings. The molecule has 0 aromatic heterocycles. The van der Waals surface area contributed by atoms with Crippen molar-refractivity contribution in [2.45, 2.75) is 86.0 Å². The summed E-state index contributed by atoms with van der Waals surface area (Å²) in [5.74, 6) is 3.07. The maximum Gasteiger partial charge on any atom is 0.135 e. The van der Waals surface area contributed by atoms with E-state index >= 15 is 0 Å². The topological polar surface area (TPSA) is 18.5 Å². The van der Waals surface area contributed by atoms with Crippen molar-refractivity contribution in [1.82, 2.24) is 0 Å². The number of hydrogen-bond donors (Lipinski definition) is 0. The number of rotatable bonds is 12. The van der Waals surface area contributed by atoms with E-state index in [2.05, 4.69) is 90.9 Å². The standard InChI is InChI=1S/C31H44O2/c1-8-13-22(4)20-32-29-25-15-11-12-16-26(25)30(33-21-23(5)14-9-2)28-19-24(17-18-27(28)29)31(6,7)10-3/h11-12,15-19,22-23H,8-10,13-14,20-21H2,1-7H3. The van der Waals surface area contributed by atoms with Crippen LogP contribution in [0.25, 0.3) is 21.5 Å². The van der Waals surface area contributed by atoms with Gasteiger partial charge in [-0.2, -0.15) is 0 Å². The van der Waals surface area contributed by atoms with E-state index in [1.54, 1.807) is 0 Å². The summed E-state index contributed by atoms with van der Waals surface area (Å²) in [5.41, 5.74) is 1.47. The fourth-order valence-electron chi connectivity index (χ4n) is 4.64. The quantitative estimate of drug-likeness (QED) is 0.257. The van der Waals surface area contributed by atoms with Crippen LogP contribution in [0.2, 0.25) is 0 Å². The van der Waals surface area contributed by atoms with Gasteiger partial charge in [0, 0.05) is 21.5 Å². The highest BCUT2D eigenvalue weighted by atomic mass is 16.5. The summed E-state index contributed by atoms with van der Waals surface area (Å²) in [6.45, 7) is 17.4. The molecule has 0 amide bonds. The lowest BCUT2D eigenvalue weighted by Crippen LogP contribution is -2.15. The number of benzene rings is 3. The maximum atomic E-state index is 6.61. The molecule has 33 heavy (non-hydrogen) atoms. The molecule has 0 radical (unpaired) electrons. The van der Waals surface area contributed by atoms with Gasteiger partial charge < -0.3 is 9.47 Å². The summed E-state index contributed by atoms with van der Waals surface area (Å²) < 4.78 is 13.2. The van der Waals surface area contributed by atoms with Crippen LogP contribution < -0.4 is 9.47 Å². The minimum atomic E-state index is 0.114. The number of hydrogen-bond acceptors (Lipinski definition) is 2. The molecule has 3 rings (SSSR count). The normalized spacial score (nSPS) is 13.9. The molecule has 2 heteroatoms. The Kier molecular flexibility index (Phi) is 8.68. The Morgan fingerprint density at radius 1 is 0.697 bits per heavy atom. The third kappa shape index (κ3) is 5.83. The summed E-state index contributed by atoms with van der Waals surface area (Å²) in [4.78, 5) is 0. The Morgan fingerprint density at radius 2 is 1.18 bits per heavy atom. The van der Waals surface area contributed by atoms with Crippen LogP contribution in [-0.4, -0.2) is 13.2 Å². The van der Waals surface area contributed by atoms with Gasteiger partial charge in [-0.15, -0.1) is 0 Å². The summed E-state index contributed by atoms with van der Waals surface area (Å²) in [6, 6.07) is 15.5. The molecule has 0 saturated heterocycles. The first-order valence-electron chi connectivity index (χ1n) is 13.1. The Labute approximate surface area is 201 Å². The fourth-order valence-corrected chi connectivity index (χ4v) is 4.64. The van der Waals surface area contributed by atoms with E-state index in [9.17, 15) is 0 Å². The van der Waals surface area contributed by atoms with Gasteiger partial charge in [-0.1, -0.05) is 97.7 Å². The Bertz CT molecular complexity index is 1050. The SMILES string of the molecule is CCCC(C)COc1c2ccccc2c(OCC(C)CCC)c2cc(C(C)(C)CC)ccc12. The van der Waals surface area contributed by atoms with Crippen molar-refractivity contribution in [3.05, 3.63) is 48.0 Å². The summed E-state index contributed by atoms with van der Waals surface area (Å²) >= 11 is 0. The second-order valence-corrected chi connectivity index (χ2v) is 10.6. The minimum absolute atomic E-state index is 0.114. The summed E-state index contributed by atoms with van der Waals surface area (Å²) in [6.07, 6.45) is 5.82. The molecule has 0 aliphatic carbocycles. The Balaban J connectivity index is 2.20. The second-order valence-electron chi connectivity index (χ2n) is 10.6. The smallest absolute Gasteiger partial charge is 0.135 e. The molecule has 0 saturated carbocycles. The van der Waals surface area contributed by atoms with Gasteiger partial charge in [0.05, 0.1) is 13.2 Å². The number of fused-ring (bicyclic) bond motifs is 2. The molecule has 2 unspecified atom stereocenters. The van der Waals surface area contributed by atoms with Crippen LogP contribution in [0.1, 0.15) is 86.1 Å². The lowest BCUT2D eigenvalue weighted by atomic mass is 9.81. The first kappa shape index (κ1) is 25.4. The van der Waals surface area contributed by atoms with E-state index in [1.807, 2.05) is 0 Å². The zero-order chi connectivity index (χ0) is 24.0. The van der Waals surface area contributed by atoms with E-state index in [0.717, 1.165) is 47.3 Å². The molecule has 0 spiro atoms. The number of ether oxygens (including phenoxy) is 2. The molecular formula is C31H44O2. The third-order valence-electron chi connectivity index (χ3n) is 7.18. The lowest BCUT2D eigenvalue weighted by molar-refractivity contribution is 0.253. The molecule has 0 aliphatic heterocycles. The van der Waals surface area contributed by atoms with Crippen molar-refractivity contribution in [3.63, 3.8) is 0 Å². The molecule has 180 valence electrons. The van der Waals surface area contributed by atoms with Gasteiger partial charge in [-0.05, 0) is 48.1 Å². The van der Waals surface area contributed by atoms with Crippen LogP contribution in [0.4, 0.5) is 0 Å². The monoisotopic (exact) mass is 448 g/mol. The highest BCUT2D eigenvalue weighted by Crippen LogP contribution is 2.44. The van der Waals surface area contributed by atoms with Crippen molar-refractivity contribution in [2.24, 2.45) is 11.8 Å². The van der Waals surface area contributed by atoms with E-state index in [1.165, 1.54) is 36.6 Å². The average molecular weight is 449 g/mol. The molecule has 0 heterocycles. The van der Waals surface area contributed by atoms with E-state index in [0.29, 0.717) is 11.8 Å². The van der Waals surface area contributed by atoms with Gasteiger partial charge in [-0.3, -0.25) is 0 Å². The predicted molar refractivity (Wildman–Crippen MR) is 144 cm³/mol. The Morgan fingerprint density at radius 3 is 1.67 bits per heavy atom. The van der Waals surface area contributed by atoms with Crippen molar-refractivity contribution in [3.8, 4) is 11.5 Å². The second kappa shape index (κ2) is 11.3. The van der Waals surface area contributed by atoms with Gasteiger partial charge >= 0.3 is 0 Å². The molecule has 0 N–H and O–H groups in total. The van der Waals surface area contributed by atoms with Crippen LogP contribution in [0, 0.1) is 11.8 Å². The maximum absolute atomic E-state index is 6.61. The first-order chi connectivity index (χ1) is 15.8. The van der Waals surface area contributed by atoms with Crippen molar-refractivity contribution in [2.75, 3.05) is 13.2 Å². The van der Waals surface area contributed by atoms with Crippen LogP contribution in [0.3, 0.4) is 0 Å². The zero-order valence-corrected chi connectivity index (χ0v) is 22.0. The van der Waals surface area contributed by atoms with Gasteiger partial charge in [0.1, 0.15) is 11.5 Å². The van der Waals surface area contributed by atoms with E-state index in [4.69, 9.17) is 9.47 Å². The van der Waals surface area contributed by atoms with Crippen molar-refractivity contribution < 1.29 is 9.47 Å². The fraction of sp³-hybridized carbons (Fsp3) is 0.548. The van der Waals surface area contributed by atoms with Gasteiger partial charge in [0.25, 0.3) is 0 Å². The molecule has 3 aromatic carbocycles.